The van der Waals surface area contributed by atoms with Gasteiger partial charge in [-0.1, -0.05) is 95.1 Å². The second kappa shape index (κ2) is 14.4. The van der Waals surface area contributed by atoms with Gasteiger partial charge in [0.2, 0.25) is 0 Å². The highest BCUT2D eigenvalue weighted by atomic mass is 16.1. The predicted octanol–water partition coefficient (Wildman–Crippen LogP) is 9.39. The van der Waals surface area contributed by atoms with E-state index in [-0.39, 0.29) is 5.78 Å². The van der Waals surface area contributed by atoms with Gasteiger partial charge in [0.25, 0.3) is 0 Å². The normalized spacial score (nSPS) is 11.8. The number of benzene rings is 2. The summed E-state index contributed by atoms with van der Waals surface area (Å²) in [7, 11) is 0. The van der Waals surface area contributed by atoms with Crippen molar-refractivity contribution in [2.24, 2.45) is 0 Å². The van der Waals surface area contributed by atoms with Crippen LogP contribution in [-0.4, -0.2) is 5.78 Å². The summed E-state index contributed by atoms with van der Waals surface area (Å²) in [6.45, 7) is 13.0. The first-order chi connectivity index (χ1) is 16.3. The van der Waals surface area contributed by atoms with Crippen LogP contribution in [0.1, 0.15) is 94.3 Å². The Morgan fingerprint density at radius 1 is 0.647 bits per heavy atom. The van der Waals surface area contributed by atoms with Crippen LogP contribution in [0.4, 0.5) is 0 Å². The number of hydrogen-bond acceptors (Lipinski definition) is 1. The van der Waals surface area contributed by atoms with E-state index < -0.39 is 0 Å². The van der Waals surface area contributed by atoms with E-state index >= 15 is 0 Å². The van der Waals surface area contributed by atoms with Gasteiger partial charge in [-0.25, -0.2) is 0 Å². The highest BCUT2D eigenvalue weighted by molar-refractivity contribution is 6.10. The zero-order valence-corrected chi connectivity index (χ0v) is 22.1. The standard InChI is InChI=1S/C33H42O/c1-25(2)13-10-15-27(5)21-23-29-19-12-20-32(33(34)30-17-8-7-9-18-30)31(29)24-22-28(6)16-11-14-26(3)4/h7-9,12-14,17-22H,10-11,15-16,23-24H2,1-6H3. The minimum atomic E-state index is 0.109. The van der Waals surface area contributed by atoms with Crippen molar-refractivity contribution >= 4 is 5.78 Å². The Hall–Kier alpha value is -2.93. The van der Waals surface area contributed by atoms with Crippen molar-refractivity contribution in [2.45, 2.75) is 80.1 Å². The van der Waals surface area contributed by atoms with Gasteiger partial charge in [-0.05, 0) is 91.2 Å². The molecule has 0 amide bonds. The van der Waals surface area contributed by atoms with E-state index in [0.717, 1.165) is 55.2 Å². The molecule has 0 saturated carbocycles. The largest absolute Gasteiger partial charge is 0.289 e. The molecule has 0 aromatic heterocycles. The minimum Gasteiger partial charge on any atom is -0.289 e. The van der Waals surface area contributed by atoms with Crippen molar-refractivity contribution in [2.75, 3.05) is 0 Å². The van der Waals surface area contributed by atoms with Gasteiger partial charge in [-0.2, -0.15) is 0 Å². The van der Waals surface area contributed by atoms with E-state index in [2.05, 4.69) is 71.9 Å². The average molecular weight is 455 g/mol. The number of carbonyl (C=O) groups excluding carboxylic acids is 1. The van der Waals surface area contributed by atoms with E-state index in [1.54, 1.807) is 0 Å². The summed E-state index contributed by atoms with van der Waals surface area (Å²) >= 11 is 0. The second-order valence-electron chi connectivity index (χ2n) is 9.79. The van der Waals surface area contributed by atoms with Gasteiger partial charge < -0.3 is 0 Å². The van der Waals surface area contributed by atoms with E-state index in [4.69, 9.17) is 0 Å². The number of ketones is 1. The third kappa shape index (κ3) is 9.51. The number of carbonyl (C=O) groups is 1. The van der Waals surface area contributed by atoms with Crippen LogP contribution in [0, 0.1) is 0 Å². The van der Waals surface area contributed by atoms with Crippen molar-refractivity contribution in [1.29, 1.82) is 0 Å². The molecule has 0 radical (unpaired) electrons. The molecule has 34 heavy (non-hydrogen) atoms. The van der Waals surface area contributed by atoms with Crippen molar-refractivity contribution in [3.63, 3.8) is 0 Å². The molecule has 0 aliphatic heterocycles. The van der Waals surface area contributed by atoms with E-state index in [0.29, 0.717) is 0 Å². The summed E-state index contributed by atoms with van der Waals surface area (Å²) in [6.07, 6.45) is 15.2. The number of rotatable bonds is 12. The number of hydrogen-bond donors (Lipinski definition) is 0. The maximum absolute atomic E-state index is 13.4. The van der Waals surface area contributed by atoms with Crippen molar-refractivity contribution in [3.8, 4) is 0 Å². The van der Waals surface area contributed by atoms with Gasteiger partial charge in [0.15, 0.2) is 5.78 Å². The van der Waals surface area contributed by atoms with Gasteiger partial charge in [0.05, 0.1) is 0 Å². The van der Waals surface area contributed by atoms with Gasteiger partial charge >= 0.3 is 0 Å². The van der Waals surface area contributed by atoms with Crippen molar-refractivity contribution in [1.82, 2.24) is 0 Å². The Balaban J connectivity index is 2.32. The van der Waals surface area contributed by atoms with Crippen LogP contribution in [-0.2, 0) is 12.8 Å². The SMILES string of the molecule is CC(C)=CCCC(C)=CCc1cccc(C(=O)c2ccccc2)c1CC=C(C)CCC=C(C)C. The molecule has 0 aliphatic carbocycles. The molecular weight excluding hydrogens is 412 g/mol. The third-order valence-electron chi connectivity index (χ3n) is 6.06. The zero-order valence-electron chi connectivity index (χ0n) is 22.1. The van der Waals surface area contributed by atoms with E-state index in [1.807, 2.05) is 42.5 Å². The molecular formula is C33H42O. The van der Waals surface area contributed by atoms with Crippen LogP contribution in [0.5, 0.6) is 0 Å². The molecule has 2 rings (SSSR count). The van der Waals surface area contributed by atoms with Crippen molar-refractivity contribution < 1.29 is 4.79 Å². The fraction of sp³-hybridized carbons (Fsp3) is 0.364. The van der Waals surface area contributed by atoms with Crippen molar-refractivity contribution in [3.05, 3.63) is 117 Å². The van der Waals surface area contributed by atoms with Crippen LogP contribution >= 0.6 is 0 Å². The van der Waals surface area contributed by atoms with Crippen LogP contribution in [0.2, 0.25) is 0 Å². The second-order valence-corrected chi connectivity index (χ2v) is 9.79. The Morgan fingerprint density at radius 3 is 1.76 bits per heavy atom. The first-order valence-corrected chi connectivity index (χ1v) is 12.6. The van der Waals surface area contributed by atoms with Gasteiger partial charge in [0, 0.05) is 11.1 Å². The first-order valence-electron chi connectivity index (χ1n) is 12.6. The van der Waals surface area contributed by atoms with Crippen LogP contribution in [0.25, 0.3) is 0 Å². The van der Waals surface area contributed by atoms with E-state index in [1.165, 1.54) is 27.9 Å². The Morgan fingerprint density at radius 2 is 1.21 bits per heavy atom. The summed E-state index contributed by atoms with van der Waals surface area (Å²) in [5, 5.41) is 0. The minimum absolute atomic E-state index is 0.109. The molecule has 0 spiro atoms. The molecule has 1 nitrogen and oxygen atoms in total. The molecule has 0 fully saturated rings. The molecule has 1 heteroatoms. The fourth-order valence-corrected chi connectivity index (χ4v) is 3.97. The molecule has 0 aliphatic rings. The Labute approximate surface area is 208 Å². The lowest BCUT2D eigenvalue weighted by atomic mass is 9.90. The highest BCUT2D eigenvalue weighted by Crippen LogP contribution is 2.23. The quantitative estimate of drug-likeness (QED) is 0.230. The van der Waals surface area contributed by atoms with E-state index in [9.17, 15) is 4.79 Å². The molecule has 180 valence electrons. The molecule has 0 unspecified atom stereocenters. The predicted molar refractivity (Wildman–Crippen MR) is 149 cm³/mol. The monoisotopic (exact) mass is 454 g/mol. The first kappa shape index (κ1) is 27.3. The zero-order chi connectivity index (χ0) is 24.9. The summed E-state index contributed by atoms with van der Waals surface area (Å²) < 4.78 is 0. The summed E-state index contributed by atoms with van der Waals surface area (Å²) in [5.74, 6) is 0.109. The smallest absolute Gasteiger partial charge is 0.193 e. The Bertz CT molecular complexity index is 1050. The van der Waals surface area contributed by atoms with Crippen LogP contribution in [0.3, 0.4) is 0 Å². The van der Waals surface area contributed by atoms with Gasteiger partial charge in [-0.3, -0.25) is 4.79 Å². The lowest BCUT2D eigenvalue weighted by Gasteiger charge is -2.13. The summed E-state index contributed by atoms with van der Waals surface area (Å²) in [4.78, 5) is 13.4. The lowest BCUT2D eigenvalue weighted by molar-refractivity contribution is 0.103. The summed E-state index contributed by atoms with van der Waals surface area (Å²) in [5.41, 5.74) is 9.49. The lowest BCUT2D eigenvalue weighted by Crippen LogP contribution is -2.08. The Kier molecular flexibility index (Phi) is 11.5. The fourth-order valence-electron chi connectivity index (χ4n) is 3.97. The number of allylic oxidation sites excluding steroid dienone is 8. The topological polar surface area (TPSA) is 17.1 Å². The maximum Gasteiger partial charge on any atom is 0.193 e. The van der Waals surface area contributed by atoms with Crippen LogP contribution in [0.15, 0.2) is 95.1 Å². The van der Waals surface area contributed by atoms with Gasteiger partial charge in [0.1, 0.15) is 0 Å². The molecule has 0 bridgehead atoms. The molecule has 0 heterocycles. The molecule has 0 atom stereocenters. The maximum atomic E-state index is 13.4. The molecule has 0 saturated heterocycles. The van der Waals surface area contributed by atoms with Crippen LogP contribution < -0.4 is 0 Å². The molecule has 2 aromatic rings. The third-order valence-corrected chi connectivity index (χ3v) is 6.06. The molecule has 0 N–H and O–H groups in total. The highest BCUT2D eigenvalue weighted by Gasteiger charge is 2.15. The van der Waals surface area contributed by atoms with Gasteiger partial charge in [-0.15, -0.1) is 0 Å². The molecule has 2 aromatic carbocycles. The summed E-state index contributed by atoms with van der Waals surface area (Å²) in [6, 6.07) is 15.8. The average Bonchev–Trinajstić information content (AvgIpc) is 2.81.